The van der Waals surface area contributed by atoms with Crippen LogP contribution >= 0.6 is 0 Å². The van der Waals surface area contributed by atoms with E-state index in [0.717, 1.165) is 0 Å². The summed E-state index contributed by atoms with van der Waals surface area (Å²) in [5.41, 5.74) is 4.66. The molecule has 0 radical (unpaired) electrons. The van der Waals surface area contributed by atoms with Gasteiger partial charge in [0.2, 0.25) is 0 Å². The van der Waals surface area contributed by atoms with Gasteiger partial charge in [-0.05, 0) is 29.5 Å². The van der Waals surface area contributed by atoms with Crippen molar-refractivity contribution in [2.45, 2.75) is 58.3 Å². The monoisotopic (exact) mass is 202 g/mol. The molecular formula is C15H22. The smallest absolute Gasteiger partial charge is 0.0151 e. The summed E-state index contributed by atoms with van der Waals surface area (Å²) in [6, 6.07) is 6.82. The van der Waals surface area contributed by atoms with Crippen LogP contribution in [0.5, 0.6) is 0 Å². The first kappa shape index (κ1) is 10.7. The lowest BCUT2D eigenvalue weighted by molar-refractivity contribution is 0.589. The number of aryl methyl sites for hydroxylation is 1. The molecule has 0 atom stereocenters. The van der Waals surface area contributed by atoms with Crippen LogP contribution in [-0.2, 0) is 6.42 Å². The predicted octanol–water partition coefficient (Wildman–Crippen LogP) is 4.96. The van der Waals surface area contributed by atoms with E-state index in [9.17, 15) is 0 Å². The molecular weight excluding hydrogens is 180 g/mol. The Morgan fingerprint density at radius 2 is 1.60 bits per heavy atom. The highest BCUT2D eigenvalue weighted by Crippen LogP contribution is 2.37. The molecule has 2 aliphatic rings. The van der Waals surface area contributed by atoms with Crippen LogP contribution in [0.1, 0.15) is 57.4 Å². The number of unbranched alkanes of at least 4 members (excludes halogenated alkanes) is 6. The van der Waals surface area contributed by atoms with Gasteiger partial charge in [-0.15, -0.1) is 0 Å². The maximum atomic E-state index is 2.35. The average Bonchev–Trinajstić information content (AvgIpc) is 2.22. The molecule has 0 aliphatic heterocycles. The van der Waals surface area contributed by atoms with Crippen LogP contribution in [0, 0.1) is 0 Å². The second-order valence-electron chi connectivity index (χ2n) is 4.74. The van der Waals surface area contributed by atoms with Crippen LogP contribution in [0.3, 0.4) is 0 Å². The normalized spacial score (nSPS) is 11.8. The first-order valence-electron chi connectivity index (χ1n) is 6.55. The van der Waals surface area contributed by atoms with Crippen LogP contribution in [0.15, 0.2) is 18.2 Å². The van der Waals surface area contributed by atoms with E-state index < -0.39 is 0 Å². The Balaban J connectivity index is 1.47. The summed E-state index contributed by atoms with van der Waals surface area (Å²) in [7, 11) is 0. The second-order valence-corrected chi connectivity index (χ2v) is 4.74. The summed E-state index contributed by atoms with van der Waals surface area (Å²) in [4.78, 5) is 0. The lowest BCUT2D eigenvalue weighted by Crippen LogP contribution is -2.00. The van der Waals surface area contributed by atoms with E-state index in [1.807, 2.05) is 0 Å². The SMILES string of the molecule is CCCCCCCCCc1cc2ccc1-2. The van der Waals surface area contributed by atoms with E-state index >= 15 is 0 Å². The first-order valence-corrected chi connectivity index (χ1v) is 6.55. The Labute approximate surface area is 93.7 Å². The fraction of sp³-hybridized carbons (Fsp3) is 0.600. The van der Waals surface area contributed by atoms with E-state index in [-0.39, 0.29) is 0 Å². The van der Waals surface area contributed by atoms with Crippen molar-refractivity contribution in [3.63, 3.8) is 0 Å². The van der Waals surface area contributed by atoms with Crippen molar-refractivity contribution in [2.75, 3.05) is 0 Å². The average molecular weight is 202 g/mol. The number of fused-ring (bicyclic) bond motifs is 1. The van der Waals surface area contributed by atoms with Crippen LogP contribution in [0.25, 0.3) is 11.1 Å². The third-order valence-corrected chi connectivity index (χ3v) is 3.47. The maximum Gasteiger partial charge on any atom is -0.0151 e. The lowest BCUT2D eigenvalue weighted by Gasteiger charge is -2.20. The van der Waals surface area contributed by atoms with Gasteiger partial charge >= 0.3 is 0 Å². The van der Waals surface area contributed by atoms with Crippen LogP contribution < -0.4 is 0 Å². The zero-order valence-electron chi connectivity index (χ0n) is 9.89. The molecule has 0 nitrogen and oxygen atoms in total. The van der Waals surface area contributed by atoms with Crippen molar-refractivity contribution in [2.24, 2.45) is 0 Å². The minimum absolute atomic E-state index is 1.32. The molecule has 0 saturated carbocycles. The Bertz CT molecular complexity index is 312. The van der Waals surface area contributed by atoms with Gasteiger partial charge in [0.15, 0.2) is 0 Å². The van der Waals surface area contributed by atoms with Crippen LogP contribution in [-0.4, -0.2) is 0 Å². The highest BCUT2D eigenvalue weighted by Gasteiger charge is 2.15. The van der Waals surface area contributed by atoms with Crippen molar-refractivity contribution in [3.8, 4) is 11.1 Å². The molecule has 0 unspecified atom stereocenters. The molecule has 2 rings (SSSR count). The van der Waals surface area contributed by atoms with Crippen molar-refractivity contribution in [1.29, 1.82) is 0 Å². The zero-order chi connectivity index (χ0) is 10.5. The minimum Gasteiger partial charge on any atom is -0.0654 e. The number of hydrogen-bond donors (Lipinski definition) is 0. The van der Waals surface area contributed by atoms with Gasteiger partial charge in [0.05, 0.1) is 0 Å². The molecule has 82 valence electrons. The van der Waals surface area contributed by atoms with Gasteiger partial charge in [-0.1, -0.05) is 63.6 Å². The third-order valence-electron chi connectivity index (χ3n) is 3.47. The van der Waals surface area contributed by atoms with E-state index in [0.29, 0.717) is 0 Å². The quantitative estimate of drug-likeness (QED) is 0.531. The van der Waals surface area contributed by atoms with Gasteiger partial charge in [0.1, 0.15) is 0 Å². The van der Waals surface area contributed by atoms with E-state index in [1.54, 1.807) is 11.1 Å². The standard InChI is InChI=1S/C15H22/c1-2-3-4-5-6-7-8-9-13-12-14-10-11-15(13)14/h10-12H,2-9H2,1H3. The van der Waals surface area contributed by atoms with Crippen molar-refractivity contribution in [3.05, 3.63) is 23.8 Å². The first-order chi connectivity index (χ1) is 7.42. The van der Waals surface area contributed by atoms with Crippen LogP contribution in [0.2, 0.25) is 0 Å². The minimum atomic E-state index is 1.32. The summed E-state index contributed by atoms with van der Waals surface area (Å²) in [6.07, 6.45) is 11.2. The molecule has 0 saturated heterocycles. The summed E-state index contributed by atoms with van der Waals surface area (Å²) in [5, 5.41) is 0. The van der Waals surface area contributed by atoms with E-state index in [2.05, 4.69) is 25.1 Å². The highest BCUT2D eigenvalue weighted by atomic mass is 14.2. The highest BCUT2D eigenvalue weighted by molar-refractivity contribution is 5.80. The summed E-state index contributed by atoms with van der Waals surface area (Å²) >= 11 is 0. The molecule has 0 heteroatoms. The topological polar surface area (TPSA) is 0 Å². The fourth-order valence-corrected chi connectivity index (χ4v) is 2.35. The van der Waals surface area contributed by atoms with E-state index in [1.165, 1.54) is 56.9 Å². The molecule has 0 aromatic rings. The third kappa shape index (κ3) is 2.62. The molecule has 2 aliphatic carbocycles. The summed E-state index contributed by atoms with van der Waals surface area (Å²) in [6.45, 7) is 2.28. The predicted molar refractivity (Wildman–Crippen MR) is 67.1 cm³/mol. The number of benzene rings is 1. The van der Waals surface area contributed by atoms with Gasteiger partial charge in [0, 0.05) is 0 Å². The Kier molecular flexibility index (Phi) is 3.82. The van der Waals surface area contributed by atoms with Gasteiger partial charge in [-0.25, -0.2) is 0 Å². The molecule has 15 heavy (non-hydrogen) atoms. The van der Waals surface area contributed by atoms with Crippen molar-refractivity contribution in [1.82, 2.24) is 0 Å². The van der Waals surface area contributed by atoms with Gasteiger partial charge in [0.25, 0.3) is 0 Å². The molecule has 0 N–H and O–H groups in total. The van der Waals surface area contributed by atoms with Gasteiger partial charge in [-0.3, -0.25) is 0 Å². The Morgan fingerprint density at radius 1 is 0.867 bits per heavy atom. The molecule has 0 amide bonds. The molecule has 0 fully saturated rings. The molecule has 0 aromatic carbocycles. The Morgan fingerprint density at radius 3 is 2.13 bits per heavy atom. The van der Waals surface area contributed by atoms with Crippen molar-refractivity contribution < 1.29 is 0 Å². The largest absolute Gasteiger partial charge is 0.0654 e. The number of hydrogen-bond acceptors (Lipinski definition) is 0. The Hall–Kier alpha value is -0.780. The number of rotatable bonds is 8. The van der Waals surface area contributed by atoms with Crippen LogP contribution in [0.4, 0.5) is 0 Å². The summed E-state index contributed by atoms with van der Waals surface area (Å²) in [5.74, 6) is 0. The lowest BCUT2D eigenvalue weighted by atomic mass is 9.84. The second kappa shape index (κ2) is 5.34. The zero-order valence-corrected chi connectivity index (χ0v) is 9.89. The van der Waals surface area contributed by atoms with E-state index in [4.69, 9.17) is 0 Å². The summed E-state index contributed by atoms with van der Waals surface area (Å²) < 4.78 is 0. The molecule has 0 aromatic heterocycles. The maximum absolute atomic E-state index is 2.35. The molecule has 0 heterocycles. The molecule has 0 bridgehead atoms. The van der Waals surface area contributed by atoms with Crippen molar-refractivity contribution >= 4 is 0 Å². The molecule has 0 spiro atoms. The fourth-order valence-electron chi connectivity index (χ4n) is 2.35. The van der Waals surface area contributed by atoms with Gasteiger partial charge in [-0.2, -0.15) is 0 Å². The van der Waals surface area contributed by atoms with Gasteiger partial charge < -0.3 is 0 Å².